The molecule has 1 aromatic heterocycles. The standard InChI is InChI=1S/C20H35N5O4/c1-6-21-18(24-12-8-13-25-19(27)29-20(3,4)5)23-11-7-10-22-17(26)16-15(2)9-14-28-16/h9,14H,6-8,10-13H2,1-5H3,(H,22,26)(H,25,27)(H2,21,23,24). The minimum absolute atomic E-state index is 0.203. The molecule has 0 aliphatic rings. The number of furan rings is 1. The molecule has 0 bridgehead atoms. The molecular formula is C20H35N5O4. The smallest absolute Gasteiger partial charge is 0.407 e. The Bertz CT molecular complexity index is 664. The highest BCUT2D eigenvalue weighted by atomic mass is 16.6. The van der Waals surface area contributed by atoms with Crippen molar-refractivity contribution in [2.24, 2.45) is 4.99 Å². The van der Waals surface area contributed by atoms with Crippen molar-refractivity contribution in [2.45, 2.75) is 53.1 Å². The number of ether oxygens (including phenoxy) is 1. The van der Waals surface area contributed by atoms with E-state index in [2.05, 4.69) is 26.3 Å². The molecular weight excluding hydrogens is 374 g/mol. The van der Waals surface area contributed by atoms with Gasteiger partial charge < -0.3 is 30.4 Å². The predicted octanol–water partition coefficient (Wildman–Crippen LogP) is 2.18. The molecule has 0 spiro atoms. The molecule has 1 heterocycles. The summed E-state index contributed by atoms with van der Waals surface area (Å²) in [5.41, 5.74) is 0.323. The monoisotopic (exact) mass is 409 g/mol. The SMILES string of the molecule is CCNC(=NCCCNC(=O)OC(C)(C)C)NCCCNC(=O)c1occc1C. The fraction of sp³-hybridized carbons (Fsp3) is 0.650. The van der Waals surface area contributed by atoms with Gasteiger partial charge in [0.15, 0.2) is 11.7 Å². The molecule has 1 rings (SSSR count). The topological polar surface area (TPSA) is 117 Å². The second kappa shape index (κ2) is 12.7. The molecule has 0 aliphatic heterocycles. The third-order valence-corrected chi connectivity index (χ3v) is 3.62. The van der Waals surface area contributed by atoms with Crippen LogP contribution in [0.2, 0.25) is 0 Å². The van der Waals surface area contributed by atoms with Crippen molar-refractivity contribution >= 4 is 18.0 Å². The van der Waals surface area contributed by atoms with Crippen LogP contribution in [-0.2, 0) is 4.74 Å². The lowest BCUT2D eigenvalue weighted by atomic mass is 10.2. The Labute approximate surface area is 173 Å². The summed E-state index contributed by atoms with van der Waals surface area (Å²) in [5.74, 6) is 0.858. The minimum atomic E-state index is -0.499. The molecule has 0 saturated carbocycles. The maximum Gasteiger partial charge on any atom is 0.407 e. The van der Waals surface area contributed by atoms with E-state index in [4.69, 9.17) is 9.15 Å². The van der Waals surface area contributed by atoms with Gasteiger partial charge in [-0.15, -0.1) is 0 Å². The van der Waals surface area contributed by atoms with Crippen LogP contribution in [0.3, 0.4) is 0 Å². The van der Waals surface area contributed by atoms with Crippen LogP contribution in [0.1, 0.15) is 56.7 Å². The van der Waals surface area contributed by atoms with Gasteiger partial charge in [0.05, 0.1) is 6.26 Å². The summed E-state index contributed by atoms with van der Waals surface area (Å²) in [4.78, 5) is 28.0. The van der Waals surface area contributed by atoms with Crippen LogP contribution in [0.25, 0.3) is 0 Å². The summed E-state index contributed by atoms with van der Waals surface area (Å²) in [6.07, 6.45) is 2.54. The van der Waals surface area contributed by atoms with Gasteiger partial charge in [-0.2, -0.15) is 0 Å². The first-order chi connectivity index (χ1) is 13.7. The largest absolute Gasteiger partial charge is 0.459 e. The molecule has 0 fully saturated rings. The minimum Gasteiger partial charge on any atom is -0.459 e. The Morgan fingerprint density at radius 2 is 1.76 bits per heavy atom. The fourth-order valence-corrected chi connectivity index (χ4v) is 2.30. The number of guanidine groups is 1. The van der Waals surface area contributed by atoms with Crippen LogP contribution in [0.15, 0.2) is 21.7 Å². The molecule has 9 heteroatoms. The predicted molar refractivity (Wildman–Crippen MR) is 113 cm³/mol. The van der Waals surface area contributed by atoms with E-state index in [1.54, 1.807) is 6.07 Å². The Kier molecular flexibility index (Phi) is 10.6. The molecule has 4 N–H and O–H groups in total. The van der Waals surface area contributed by atoms with Crippen LogP contribution in [-0.4, -0.2) is 56.3 Å². The number of alkyl carbamates (subject to hydrolysis) is 1. The Morgan fingerprint density at radius 1 is 1.07 bits per heavy atom. The molecule has 0 radical (unpaired) electrons. The highest BCUT2D eigenvalue weighted by Crippen LogP contribution is 2.08. The fourth-order valence-electron chi connectivity index (χ4n) is 2.30. The van der Waals surface area contributed by atoms with E-state index in [9.17, 15) is 9.59 Å². The van der Waals surface area contributed by atoms with Gasteiger partial charge in [-0.1, -0.05) is 0 Å². The van der Waals surface area contributed by atoms with Crippen molar-refractivity contribution < 1.29 is 18.7 Å². The second-order valence-corrected chi connectivity index (χ2v) is 7.51. The highest BCUT2D eigenvalue weighted by Gasteiger charge is 2.15. The molecule has 9 nitrogen and oxygen atoms in total. The molecule has 0 unspecified atom stereocenters. The number of carbonyl (C=O) groups excluding carboxylic acids is 2. The summed E-state index contributed by atoms with van der Waals surface area (Å²) in [5, 5.41) is 11.9. The van der Waals surface area contributed by atoms with Crippen molar-refractivity contribution in [1.29, 1.82) is 0 Å². The molecule has 0 saturated heterocycles. The van der Waals surface area contributed by atoms with E-state index in [0.29, 0.717) is 44.3 Å². The van der Waals surface area contributed by atoms with Gasteiger partial charge in [-0.25, -0.2) is 4.79 Å². The first kappa shape index (κ1) is 24.3. The lowest BCUT2D eigenvalue weighted by Crippen LogP contribution is -2.39. The van der Waals surface area contributed by atoms with Crippen molar-refractivity contribution in [3.05, 3.63) is 23.7 Å². The summed E-state index contributed by atoms with van der Waals surface area (Å²) in [7, 11) is 0. The zero-order chi connectivity index (χ0) is 21.7. The van der Waals surface area contributed by atoms with Gasteiger partial charge in [0.1, 0.15) is 5.60 Å². The molecule has 164 valence electrons. The molecule has 0 atom stereocenters. The molecule has 1 aromatic rings. The molecule has 2 amide bonds. The number of hydrogen-bond donors (Lipinski definition) is 4. The number of hydrogen-bond acceptors (Lipinski definition) is 5. The molecule has 0 aromatic carbocycles. The van der Waals surface area contributed by atoms with Crippen LogP contribution < -0.4 is 21.3 Å². The first-order valence-corrected chi connectivity index (χ1v) is 10.0. The van der Waals surface area contributed by atoms with Gasteiger partial charge >= 0.3 is 6.09 Å². The van der Waals surface area contributed by atoms with Gasteiger partial charge in [0.25, 0.3) is 5.91 Å². The summed E-state index contributed by atoms with van der Waals surface area (Å²) in [6, 6.07) is 1.76. The average Bonchev–Trinajstić information content (AvgIpc) is 3.05. The molecule has 29 heavy (non-hydrogen) atoms. The Balaban J connectivity index is 2.21. The van der Waals surface area contributed by atoms with Crippen molar-refractivity contribution in [1.82, 2.24) is 21.3 Å². The van der Waals surface area contributed by atoms with Crippen LogP contribution >= 0.6 is 0 Å². The van der Waals surface area contributed by atoms with E-state index in [1.165, 1.54) is 6.26 Å². The number of nitrogens with zero attached hydrogens (tertiary/aromatic N) is 1. The maximum absolute atomic E-state index is 12.0. The lowest BCUT2D eigenvalue weighted by molar-refractivity contribution is 0.0527. The van der Waals surface area contributed by atoms with Gasteiger partial charge in [0, 0.05) is 38.3 Å². The average molecular weight is 410 g/mol. The zero-order valence-electron chi connectivity index (χ0n) is 18.2. The number of amides is 2. The van der Waals surface area contributed by atoms with Crippen LogP contribution in [0.5, 0.6) is 0 Å². The van der Waals surface area contributed by atoms with Crippen molar-refractivity contribution in [3.8, 4) is 0 Å². The third kappa shape index (κ3) is 11.0. The maximum atomic E-state index is 12.0. The lowest BCUT2D eigenvalue weighted by Gasteiger charge is -2.19. The van der Waals surface area contributed by atoms with Crippen LogP contribution in [0.4, 0.5) is 4.79 Å². The first-order valence-electron chi connectivity index (χ1n) is 10.0. The summed E-state index contributed by atoms with van der Waals surface area (Å²) >= 11 is 0. The summed E-state index contributed by atoms with van der Waals surface area (Å²) in [6.45, 7) is 12.3. The van der Waals surface area contributed by atoms with Crippen LogP contribution in [0, 0.1) is 6.92 Å². The van der Waals surface area contributed by atoms with E-state index in [1.807, 2.05) is 34.6 Å². The normalized spacial score (nSPS) is 11.7. The Morgan fingerprint density at radius 3 is 2.38 bits per heavy atom. The summed E-state index contributed by atoms with van der Waals surface area (Å²) < 4.78 is 10.3. The second-order valence-electron chi connectivity index (χ2n) is 7.51. The van der Waals surface area contributed by atoms with E-state index in [0.717, 1.165) is 18.5 Å². The highest BCUT2D eigenvalue weighted by molar-refractivity contribution is 5.92. The van der Waals surface area contributed by atoms with Crippen molar-refractivity contribution in [2.75, 3.05) is 32.7 Å². The number of carbonyl (C=O) groups is 2. The zero-order valence-corrected chi connectivity index (χ0v) is 18.2. The van der Waals surface area contributed by atoms with Gasteiger partial charge in [-0.3, -0.25) is 9.79 Å². The number of nitrogens with one attached hydrogen (secondary N) is 4. The van der Waals surface area contributed by atoms with Gasteiger partial charge in [-0.05, 0) is 53.5 Å². The van der Waals surface area contributed by atoms with E-state index < -0.39 is 11.7 Å². The van der Waals surface area contributed by atoms with Gasteiger partial charge in [0.2, 0.25) is 0 Å². The van der Waals surface area contributed by atoms with E-state index >= 15 is 0 Å². The van der Waals surface area contributed by atoms with Crippen molar-refractivity contribution in [3.63, 3.8) is 0 Å². The molecule has 0 aliphatic carbocycles. The number of aryl methyl sites for hydroxylation is 1. The number of aliphatic imine (C=N–C) groups is 1. The quantitative estimate of drug-likeness (QED) is 0.267. The Hall–Kier alpha value is -2.71. The third-order valence-electron chi connectivity index (χ3n) is 3.62. The number of rotatable bonds is 10. The van der Waals surface area contributed by atoms with E-state index in [-0.39, 0.29) is 5.91 Å².